The van der Waals surface area contributed by atoms with E-state index in [1.54, 1.807) is 19.2 Å². The largest absolute Gasteiger partial charge is 0.497 e. The minimum atomic E-state index is -0.245. The molecule has 1 N–H and O–H groups in total. The van der Waals surface area contributed by atoms with Crippen LogP contribution in [0, 0.1) is 13.8 Å². The number of furan rings is 1. The van der Waals surface area contributed by atoms with Gasteiger partial charge in [0.25, 0.3) is 5.91 Å². The maximum Gasteiger partial charge on any atom is 0.287 e. The second-order valence-corrected chi connectivity index (χ2v) is 5.80. The van der Waals surface area contributed by atoms with Crippen molar-refractivity contribution in [1.82, 2.24) is 10.3 Å². The van der Waals surface area contributed by atoms with Gasteiger partial charge in [-0.15, -0.1) is 0 Å². The van der Waals surface area contributed by atoms with Crippen LogP contribution in [-0.2, 0) is 6.54 Å². The van der Waals surface area contributed by atoms with E-state index in [9.17, 15) is 4.79 Å². The van der Waals surface area contributed by atoms with Crippen molar-refractivity contribution in [2.45, 2.75) is 20.4 Å². The number of ether oxygens (including phenoxy) is 1. The number of nitrogens with one attached hydrogen (secondary N) is 1. The van der Waals surface area contributed by atoms with Crippen LogP contribution in [0.2, 0.25) is 0 Å². The molecule has 0 bridgehead atoms. The summed E-state index contributed by atoms with van der Waals surface area (Å²) in [5.41, 5.74) is 4.84. The van der Waals surface area contributed by atoms with Gasteiger partial charge < -0.3 is 14.5 Å². The molecule has 0 fully saturated rings. The number of rotatable bonds is 5. The molecule has 0 unspecified atom stereocenters. The van der Waals surface area contributed by atoms with E-state index < -0.39 is 0 Å². The Labute approximate surface area is 146 Å². The number of carbonyl (C=O) groups excluding carboxylic acids is 1. The highest BCUT2D eigenvalue weighted by atomic mass is 16.5. The number of aryl methyl sites for hydroxylation is 2. The average molecular weight is 336 g/mol. The summed E-state index contributed by atoms with van der Waals surface area (Å²) in [7, 11) is 1.64. The molecule has 2 heterocycles. The van der Waals surface area contributed by atoms with Gasteiger partial charge in [0, 0.05) is 23.4 Å². The van der Waals surface area contributed by atoms with E-state index >= 15 is 0 Å². The van der Waals surface area contributed by atoms with Crippen molar-refractivity contribution in [3.05, 3.63) is 71.3 Å². The number of carbonyl (C=O) groups is 1. The highest BCUT2D eigenvalue weighted by Gasteiger charge is 2.14. The topological polar surface area (TPSA) is 64.4 Å². The standard InChI is InChI=1S/C20H20N2O3/c1-13-11-14(2)22-19(15-6-8-16(24-3)9-7-15)17(13)12-21-20(23)18-5-4-10-25-18/h4-11H,12H2,1-3H3,(H,21,23). The first-order valence-electron chi connectivity index (χ1n) is 8.01. The van der Waals surface area contributed by atoms with E-state index in [-0.39, 0.29) is 5.91 Å². The SMILES string of the molecule is COc1ccc(-c2nc(C)cc(C)c2CNC(=O)c2ccco2)cc1. The lowest BCUT2D eigenvalue weighted by Crippen LogP contribution is -2.23. The summed E-state index contributed by atoms with van der Waals surface area (Å²) in [5.74, 6) is 0.843. The molecule has 3 aromatic rings. The smallest absolute Gasteiger partial charge is 0.287 e. The van der Waals surface area contributed by atoms with E-state index in [2.05, 4.69) is 10.3 Å². The molecule has 0 saturated heterocycles. The first kappa shape index (κ1) is 16.8. The Balaban J connectivity index is 1.90. The van der Waals surface area contributed by atoms with Crippen LogP contribution in [0.3, 0.4) is 0 Å². The van der Waals surface area contributed by atoms with Crippen molar-refractivity contribution in [2.75, 3.05) is 7.11 Å². The van der Waals surface area contributed by atoms with Gasteiger partial charge in [-0.05, 0) is 61.9 Å². The van der Waals surface area contributed by atoms with Gasteiger partial charge in [0.05, 0.1) is 19.1 Å². The molecule has 2 aromatic heterocycles. The molecule has 0 aliphatic carbocycles. The molecule has 0 spiro atoms. The number of pyridine rings is 1. The maximum absolute atomic E-state index is 12.1. The zero-order valence-electron chi connectivity index (χ0n) is 14.5. The zero-order valence-corrected chi connectivity index (χ0v) is 14.5. The first-order valence-corrected chi connectivity index (χ1v) is 8.01. The predicted octanol–water partition coefficient (Wildman–Crippen LogP) is 3.90. The molecule has 128 valence electrons. The number of methoxy groups -OCH3 is 1. The van der Waals surface area contributed by atoms with Crippen LogP contribution in [-0.4, -0.2) is 18.0 Å². The highest BCUT2D eigenvalue weighted by Crippen LogP contribution is 2.27. The Kier molecular flexibility index (Phi) is 4.84. The van der Waals surface area contributed by atoms with Gasteiger partial charge >= 0.3 is 0 Å². The Bertz CT molecular complexity index is 869. The normalized spacial score (nSPS) is 10.5. The third kappa shape index (κ3) is 3.71. The monoisotopic (exact) mass is 336 g/mol. The Morgan fingerprint density at radius 1 is 1.20 bits per heavy atom. The lowest BCUT2D eigenvalue weighted by Gasteiger charge is -2.14. The van der Waals surface area contributed by atoms with E-state index in [1.165, 1.54) is 6.26 Å². The summed E-state index contributed by atoms with van der Waals surface area (Å²) >= 11 is 0. The van der Waals surface area contributed by atoms with Crippen LogP contribution in [0.4, 0.5) is 0 Å². The Morgan fingerprint density at radius 3 is 2.60 bits per heavy atom. The summed E-state index contributed by atoms with van der Waals surface area (Å²) < 4.78 is 10.3. The number of aromatic nitrogens is 1. The van der Waals surface area contributed by atoms with Gasteiger partial charge in [0.1, 0.15) is 5.75 Å². The summed E-state index contributed by atoms with van der Waals surface area (Å²) in [6.07, 6.45) is 1.48. The van der Waals surface area contributed by atoms with Gasteiger partial charge in [-0.25, -0.2) is 0 Å². The molecular weight excluding hydrogens is 316 g/mol. The minimum Gasteiger partial charge on any atom is -0.497 e. The van der Waals surface area contributed by atoms with E-state index in [0.717, 1.165) is 33.8 Å². The maximum atomic E-state index is 12.1. The fourth-order valence-corrected chi connectivity index (χ4v) is 2.74. The third-order valence-corrected chi connectivity index (χ3v) is 4.01. The molecule has 3 rings (SSSR count). The summed E-state index contributed by atoms with van der Waals surface area (Å²) in [5, 5.41) is 2.90. The summed E-state index contributed by atoms with van der Waals surface area (Å²) in [6, 6.07) is 13.1. The number of amides is 1. The van der Waals surface area contributed by atoms with Gasteiger partial charge in [0.2, 0.25) is 0 Å². The van der Waals surface area contributed by atoms with Crippen molar-refractivity contribution < 1.29 is 13.9 Å². The molecule has 0 aliphatic heterocycles. The van der Waals surface area contributed by atoms with Crippen molar-refractivity contribution >= 4 is 5.91 Å². The minimum absolute atomic E-state index is 0.245. The second-order valence-electron chi connectivity index (χ2n) is 5.80. The van der Waals surface area contributed by atoms with Crippen molar-refractivity contribution in [2.24, 2.45) is 0 Å². The summed E-state index contributed by atoms with van der Waals surface area (Å²) in [4.78, 5) is 16.8. The lowest BCUT2D eigenvalue weighted by molar-refractivity contribution is 0.0923. The van der Waals surface area contributed by atoms with Gasteiger partial charge in [-0.2, -0.15) is 0 Å². The molecule has 1 amide bonds. The van der Waals surface area contributed by atoms with Crippen LogP contribution in [0.5, 0.6) is 5.75 Å². The number of hydrogen-bond acceptors (Lipinski definition) is 4. The van der Waals surface area contributed by atoms with Gasteiger partial charge in [-0.1, -0.05) is 0 Å². The highest BCUT2D eigenvalue weighted by molar-refractivity contribution is 5.91. The first-order chi connectivity index (χ1) is 12.1. The average Bonchev–Trinajstić information content (AvgIpc) is 3.15. The van der Waals surface area contributed by atoms with Crippen molar-refractivity contribution in [3.63, 3.8) is 0 Å². The quantitative estimate of drug-likeness (QED) is 0.767. The van der Waals surface area contributed by atoms with Crippen molar-refractivity contribution in [1.29, 1.82) is 0 Å². The van der Waals surface area contributed by atoms with Crippen LogP contribution < -0.4 is 10.1 Å². The Hall–Kier alpha value is -3.08. The number of hydrogen-bond donors (Lipinski definition) is 1. The molecule has 0 aliphatic rings. The molecule has 5 nitrogen and oxygen atoms in total. The fourth-order valence-electron chi connectivity index (χ4n) is 2.74. The van der Waals surface area contributed by atoms with Crippen LogP contribution >= 0.6 is 0 Å². The fraction of sp³-hybridized carbons (Fsp3) is 0.200. The molecule has 25 heavy (non-hydrogen) atoms. The molecular formula is C20H20N2O3. The Morgan fingerprint density at radius 2 is 1.96 bits per heavy atom. The van der Waals surface area contributed by atoms with E-state index in [1.807, 2.05) is 44.2 Å². The molecule has 0 radical (unpaired) electrons. The van der Waals surface area contributed by atoms with Crippen LogP contribution in [0.15, 0.2) is 53.1 Å². The van der Waals surface area contributed by atoms with Crippen LogP contribution in [0.1, 0.15) is 27.4 Å². The second kappa shape index (κ2) is 7.21. The van der Waals surface area contributed by atoms with E-state index in [0.29, 0.717) is 12.3 Å². The number of benzene rings is 1. The third-order valence-electron chi connectivity index (χ3n) is 4.01. The lowest BCUT2D eigenvalue weighted by atomic mass is 10.0. The number of nitrogens with zero attached hydrogens (tertiary/aromatic N) is 1. The van der Waals surface area contributed by atoms with E-state index in [4.69, 9.17) is 9.15 Å². The molecule has 5 heteroatoms. The zero-order chi connectivity index (χ0) is 17.8. The molecule has 0 atom stereocenters. The van der Waals surface area contributed by atoms with Crippen LogP contribution in [0.25, 0.3) is 11.3 Å². The van der Waals surface area contributed by atoms with Crippen molar-refractivity contribution in [3.8, 4) is 17.0 Å². The van der Waals surface area contributed by atoms with Gasteiger partial charge in [0.15, 0.2) is 5.76 Å². The molecule has 1 aromatic carbocycles. The molecule has 0 saturated carbocycles. The van der Waals surface area contributed by atoms with Gasteiger partial charge in [-0.3, -0.25) is 9.78 Å². The predicted molar refractivity (Wildman–Crippen MR) is 95.6 cm³/mol. The summed E-state index contributed by atoms with van der Waals surface area (Å²) in [6.45, 7) is 4.36.